The average molecular weight is 1150 g/mol. The number of carbonyl (C=O) groups excluding carboxylic acids is 2. The molecule has 0 aromatic heterocycles. The molecule has 81 heavy (non-hydrogen) atoms. The topological polar surface area (TPSA) is 175 Å². The molecule has 0 radical (unpaired) electrons. The van der Waals surface area contributed by atoms with E-state index >= 15 is 0 Å². The van der Waals surface area contributed by atoms with E-state index in [2.05, 4.69) is 43.5 Å². The molecule has 6 N–H and O–H groups in total. The van der Waals surface area contributed by atoms with Gasteiger partial charge in [0, 0.05) is 12.8 Å². The molecular weight excluding hydrogens is 1010 g/mol. The van der Waals surface area contributed by atoms with E-state index in [9.17, 15) is 35.1 Å². The van der Waals surface area contributed by atoms with Crippen LogP contribution in [0.4, 0.5) is 0 Å². The van der Waals surface area contributed by atoms with Crippen molar-refractivity contribution in [1.29, 1.82) is 0 Å². The Morgan fingerprint density at radius 3 is 1.25 bits per heavy atom. The van der Waals surface area contributed by atoms with Gasteiger partial charge in [-0.2, -0.15) is 0 Å². The highest BCUT2D eigenvalue weighted by Gasteiger charge is 2.44. The van der Waals surface area contributed by atoms with Gasteiger partial charge in [-0.1, -0.05) is 288 Å². The van der Waals surface area contributed by atoms with Crippen molar-refractivity contribution in [3.05, 3.63) is 36.5 Å². The number of nitrogens with one attached hydrogen (secondary N) is 1. The Morgan fingerprint density at radius 2 is 0.802 bits per heavy atom. The van der Waals surface area contributed by atoms with Crippen molar-refractivity contribution in [3.63, 3.8) is 0 Å². The van der Waals surface area contributed by atoms with Gasteiger partial charge in [-0.05, 0) is 70.6 Å². The number of aliphatic hydroxyl groups is 5. The van der Waals surface area contributed by atoms with E-state index in [4.69, 9.17) is 14.2 Å². The third kappa shape index (κ3) is 48.8. The zero-order chi connectivity index (χ0) is 58.7. The number of ether oxygens (including phenoxy) is 3. The van der Waals surface area contributed by atoms with Crippen molar-refractivity contribution in [2.24, 2.45) is 0 Å². The molecule has 7 unspecified atom stereocenters. The standard InChI is InChI=1S/C70H131NO10/c1-3-5-7-9-11-13-37-42-46-50-54-58-66(75)79-59-55-51-47-43-39-36-34-32-30-28-26-24-22-20-18-16-14-15-17-19-21-23-25-27-29-31-33-35-38-41-45-49-53-57-65(74)71-62(63(73)56-52-48-44-40-12-10-8-6-4-2)61-80-70-69(78)68(77)67(76)64(60-72)81-70/h12,18,20,40,52,56,62-64,67-70,72-73,76-78H,3-11,13-17,19,21-39,41-51,53-55,57-61H2,1-2H3,(H,71,74)/b20-18-,40-12+,56-52+. The summed E-state index contributed by atoms with van der Waals surface area (Å²) in [6.07, 6.45) is 65.9. The Morgan fingerprint density at radius 1 is 0.444 bits per heavy atom. The highest BCUT2D eigenvalue weighted by atomic mass is 16.7. The fourth-order valence-corrected chi connectivity index (χ4v) is 11.0. The van der Waals surface area contributed by atoms with E-state index in [-0.39, 0.29) is 18.5 Å². The maximum atomic E-state index is 13.0. The Labute approximate surface area is 498 Å². The number of hydrogen-bond donors (Lipinski definition) is 6. The van der Waals surface area contributed by atoms with Crippen LogP contribution in [0.1, 0.15) is 335 Å². The highest BCUT2D eigenvalue weighted by molar-refractivity contribution is 5.76. The van der Waals surface area contributed by atoms with Gasteiger partial charge in [0.15, 0.2) is 6.29 Å². The van der Waals surface area contributed by atoms with E-state index in [0.29, 0.717) is 19.4 Å². The molecule has 0 saturated carbocycles. The Balaban J connectivity index is 1.91. The quantitative estimate of drug-likeness (QED) is 0.0195. The minimum absolute atomic E-state index is 0.0110. The molecule has 0 aliphatic carbocycles. The van der Waals surface area contributed by atoms with Gasteiger partial charge in [-0.25, -0.2) is 0 Å². The molecule has 1 amide bonds. The van der Waals surface area contributed by atoms with E-state index < -0.39 is 49.5 Å². The maximum Gasteiger partial charge on any atom is 0.305 e. The molecule has 0 aromatic carbocycles. The van der Waals surface area contributed by atoms with Crippen LogP contribution in [0.15, 0.2) is 36.5 Å². The summed E-state index contributed by atoms with van der Waals surface area (Å²) in [6.45, 7) is 4.30. The van der Waals surface area contributed by atoms with Gasteiger partial charge in [0.05, 0.1) is 32.0 Å². The second-order valence-corrected chi connectivity index (χ2v) is 24.2. The van der Waals surface area contributed by atoms with Crippen LogP contribution in [0.3, 0.4) is 0 Å². The monoisotopic (exact) mass is 1150 g/mol. The number of allylic oxidation sites excluding steroid dienone is 5. The van der Waals surface area contributed by atoms with Crippen LogP contribution in [0.2, 0.25) is 0 Å². The van der Waals surface area contributed by atoms with Gasteiger partial charge in [0.1, 0.15) is 24.4 Å². The van der Waals surface area contributed by atoms with E-state index in [1.54, 1.807) is 6.08 Å². The zero-order valence-electron chi connectivity index (χ0n) is 52.8. The fourth-order valence-electron chi connectivity index (χ4n) is 11.0. The van der Waals surface area contributed by atoms with Gasteiger partial charge < -0.3 is 45.1 Å². The van der Waals surface area contributed by atoms with Gasteiger partial charge in [0.2, 0.25) is 5.91 Å². The van der Waals surface area contributed by atoms with Gasteiger partial charge >= 0.3 is 5.97 Å². The molecule has 1 aliphatic rings. The van der Waals surface area contributed by atoms with Crippen molar-refractivity contribution in [2.45, 2.75) is 378 Å². The average Bonchev–Trinajstić information content (AvgIpc) is 3.46. The summed E-state index contributed by atoms with van der Waals surface area (Å²) in [5, 5.41) is 54.2. The molecule has 476 valence electrons. The molecule has 1 heterocycles. The molecule has 11 nitrogen and oxygen atoms in total. The first-order chi connectivity index (χ1) is 39.7. The molecule has 7 atom stereocenters. The molecule has 0 bridgehead atoms. The van der Waals surface area contributed by atoms with Crippen LogP contribution in [0.5, 0.6) is 0 Å². The van der Waals surface area contributed by atoms with E-state index in [1.807, 2.05) is 6.08 Å². The van der Waals surface area contributed by atoms with Crippen LogP contribution < -0.4 is 5.32 Å². The number of aliphatic hydroxyl groups excluding tert-OH is 5. The molecule has 11 heteroatoms. The Bertz CT molecular complexity index is 1440. The third-order valence-corrected chi connectivity index (χ3v) is 16.5. The Hall–Kier alpha value is -2.12. The fraction of sp³-hybridized carbons (Fsp3) is 0.886. The van der Waals surface area contributed by atoms with Crippen LogP contribution in [0, 0.1) is 0 Å². The number of esters is 1. The number of amides is 1. The van der Waals surface area contributed by atoms with Crippen molar-refractivity contribution in [3.8, 4) is 0 Å². The lowest BCUT2D eigenvalue weighted by atomic mass is 9.99. The van der Waals surface area contributed by atoms with Gasteiger partial charge in [-0.15, -0.1) is 0 Å². The predicted molar refractivity (Wildman–Crippen MR) is 338 cm³/mol. The first-order valence-corrected chi connectivity index (χ1v) is 34.8. The second kappa shape index (κ2) is 59.6. The molecule has 0 aromatic rings. The van der Waals surface area contributed by atoms with Crippen LogP contribution >= 0.6 is 0 Å². The summed E-state index contributed by atoms with van der Waals surface area (Å²) in [7, 11) is 0. The molecular formula is C70H131NO10. The summed E-state index contributed by atoms with van der Waals surface area (Å²) in [4.78, 5) is 25.0. The summed E-state index contributed by atoms with van der Waals surface area (Å²) in [5.74, 6) is -0.179. The third-order valence-electron chi connectivity index (χ3n) is 16.5. The number of rotatable bonds is 61. The van der Waals surface area contributed by atoms with Gasteiger partial charge in [0.25, 0.3) is 0 Å². The van der Waals surface area contributed by atoms with Crippen molar-refractivity contribution >= 4 is 11.9 Å². The lowest BCUT2D eigenvalue weighted by molar-refractivity contribution is -0.302. The van der Waals surface area contributed by atoms with E-state index in [1.165, 1.54) is 257 Å². The lowest BCUT2D eigenvalue weighted by Crippen LogP contribution is -2.60. The minimum atomic E-state index is -1.57. The van der Waals surface area contributed by atoms with E-state index in [0.717, 1.165) is 51.4 Å². The van der Waals surface area contributed by atoms with Crippen molar-refractivity contribution in [1.82, 2.24) is 5.32 Å². The summed E-state index contributed by atoms with van der Waals surface area (Å²) < 4.78 is 16.7. The molecule has 1 fully saturated rings. The number of hydrogen-bond acceptors (Lipinski definition) is 10. The first kappa shape index (κ1) is 76.9. The largest absolute Gasteiger partial charge is 0.466 e. The Kier molecular flexibility index (Phi) is 56.6. The normalized spacial score (nSPS) is 18.4. The minimum Gasteiger partial charge on any atom is -0.466 e. The molecule has 0 spiro atoms. The lowest BCUT2D eigenvalue weighted by Gasteiger charge is -2.40. The predicted octanol–water partition coefficient (Wildman–Crippen LogP) is 17.4. The summed E-state index contributed by atoms with van der Waals surface area (Å²) in [5.41, 5.74) is 0. The maximum absolute atomic E-state index is 13.0. The first-order valence-electron chi connectivity index (χ1n) is 34.8. The number of unbranched alkanes of at least 4 members (excludes halogenated alkanes) is 43. The molecule has 1 rings (SSSR count). The van der Waals surface area contributed by atoms with Crippen molar-refractivity contribution < 1.29 is 49.3 Å². The zero-order valence-corrected chi connectivity index (χ0v) is 52.8. The SMILES string of the molecule is CCCCC/C=C/CC/C=C/C(O)C(COC1OC(CO)C(O)C(O)C1O)NC(=O)CCCCCCCCCCCCCCCCCCC/C=C\CCCCCCCCCCCCCCOC(=O)CCCCCCCCCCCCC. The van der Waals surface area contributed by atoms with Crippen molar-refractivity contribution in [2.75, 3.05) is 19.8 Å². The molecule has 1 saturated heterocycles. The van der Waals surface area contributed by atoms with Crippen LogP contribution in [-0.4, -0.2) is 100 Å². The smallest absolute Gasteiger partial charge is 0.305 e. The summed E-state index contributed by atoms with van der Waals surface area (Å²) in [6, 6.07) is -0.823. The summed E-state index contributed by atoms with van der Waals surface area (Å²) >= 11 is 0. The second-order valence-electron chi connectivity index (χ2n) is 24.2. The van der Waals surface area contributed by atoms with Gasteiger partial charge in [-0.3, -0.25) is 9.59 Å². The van der Waals surface area contributed by atoms with Crippen LogP contribution in [0.25, 0.3) is 0 Å². The number of carbonyl (C=O) groups is 2. The molecule has 1 aliphatic heterocycles. The highest BCUT2D eigenvalue weighted by Crippen LogP contribution is 2.23. The van der Waals surface area contributed by atoms with Crippen LogP contribution in [-0.2, 0) is 23.8 Å².